The molecule has 17 unspecified atom stereocenters. The molecule has 850 valence electrons. The minimum Gasteiger partial charge on any atom is -0.432 e. The van der Waals surface area contributed by atoms with E-state index in [1.165, 1.54) is 13.8 Å². The van der Waals surface area contributed by atoms with Crippen molar-refractivity contribution in [2.45, 2.75) is 449 Å². The molecule has 4 saturated carbocycles. The van der Waals surface area contributed by atoms with Gasteiger partial charge >= 0.3 is 12.1 Å². The number of fused-ring (bicyclic) bond motifs is 7. The number of Topliss-reactive ketones (excluding diaryl/α,β-unsaturated/α-hetero) is 1. The number of aldehydes is 1. The Balaban J connectivity index is 0.00000602. The van der Waals surface area contributed by atoms with Crippen molar-refractivity contribution in [2.75, 3.05) is 52.9 Å². The summed E-state index contributed by atoms with van der Waals surface area (Å²) in [6.45, 7) is 16.2. The fraction of sp³-hybridized carbons (Fsp3) is 0.929. The Hall–Kier alpha value is -4.28. The molecular weight excluding hydrogens is 1980 g/mol. The van der Waals surface area contributed by atoms with Crippen LogP contribution in [0.4, 0.5) is 0 Å². The van der Waals surface area contributed by atoms with Gasteiger partial charge in [-0.15, -0.1) is 0 Å². The molecule has 0 radical (unpaired) electrons. The maximum atomic E-state index is 16.9. The summed E-state index contributed by atoms with van der Waals surface area (Å²) in [6.07, 6.45) is -66.6. The molecule has 50 heteroatoms. The Morgan fingerprint density at radius 3 is 1.66 bits per heavy atom. The summed E-state index contributed by atoms with van der Waals surface area (Å²) >= 11 is 0. The van der Waals surface area contributed by atoms with E-state index in [0.29, 0.717) is 44.9 Å². The number of ketones is 1. The maximum absolute atomic E-state index is 16.9. The highest BCUT2D eigenvalue weighted by atomic mass is 16.8. The molecule has 0 aromatic rings. The van der Waals surface area contributed by atoms with Crippen LogP contribution in [-0.2, 0) is 114 Å². The second kappa shape index (κ2) is 48.7. The van der Waals surface area contributed by atoms with E-state index in [1.807, 2.05) is 34.6 Å². The van der Waals surface area contributed by atoms with Gasteiger partial charge in [0.1, 0.15) is 164 Å². The summed E-state index contributed by atoms with van der Waals surface area (Å²) in [5.74, 6) is -8.05. The lowest BCUT2D eigenvalue weighted by atomic mass is 9.33. The maximum Gasteiger partial charge on any atom is 0.373 e. The highest BCUT2D eigenvalue weighted by Crippen LogP contribution is 2.76. The first-order valence-electron chi connectivity index (χ1n) is 51.6. The molecule has 9 heterocycles. The Kier molecular flexibility index (Phi) is 39.7. The minimum absolute atomic E-state index is 0.0518. The lowest BCUT2D eigenvalue weighted by Crippen LogP contribution is -2.71. The number of hydrogen-bond acceptors (Lipinski definition) is 49. The topological polar surface area (TPSA) is 786 Å². The SMILES string of the molecule is CC[C@@H](C)[C@@H](CC(=O)C[C@@H](O)C[C@H](O[C@@H]1OCC(O)(O)C1O)[C@H](C)CC)C[C@H](O)CC(=O)N[C@H]1C(CO)O[C@@H](OC(=O)[C@]23CCC(C)(C)CC2C2=CCC4C5(C)CC[C@H](O[C@@H]6OC[C@@H](O)[C@H](O[C@@H]7OC[C@@H](O)[C@H](O)C7O)C6O[C@@H]6OC(CO)[C@H](O)[C@H](O)C6O)[C@](C)(C=O)[C@@H]5CC[C@]4(C)[C@]2(C)CC3O)[C@H](O[C@@H]2OC(C)[C@H](O[C@@H]3OC[C@@H](O)C(O[C@@H]4OC[C@@](O)(CO)C4O)[C@H]3O)C(O)[C@@H]2O)C1O[C@@H]1OC(C)[C@H](O)[C@H](O)C1O.O=C=O. The number of carbonyl (C=O) groups excluding carboxylic acids is 6. The number of aliphatic hydroxyl groups is 25. The summed E-state index contributed by atoms with van der Waals surface area (Å²) in [6, 6.07) is -1.85. The first kappa shape index (κ1) is 121. The Morgan fingerprint density at radius 2 is 1.05 bits per heavy atom. The molecule has 13 fully saturated rings. The number of nitrogens with one attached hydrogen (secondary N) is 1. The number of carbonyl (C=O) groups is 4. The van der Waals surface area contributed by atoms with E-state index in [2.05, 4.69) is 32.2 Å². The average Bonchev–Trinajstić information content (AvgIpc) is 0.785. The van der Waals surface area contributed by atoms with Crippen molar-refractivity contribution < 1.29 is 242 Å². The molecule has 14 aliphatic rings. The molecule has 0 bridgehead atoms. The quantitative estimate of drug-likeness (QED) is 0.00903. The van der Waals surface area contributed by atoms with Crippen LogP contribution in [0.5, 0.6) is 0 Å². The molecule has 1 amide bonds. The van der Waals surface area contributed by atoms with E-state index in [1.54, 1.807) is 13.8 Å². The molecule has 0 aromatic carbocycles. The lowest BCUT2D eigenvalue weighted by Gasteiger charge is -2.71. The molecule has 0 spiro atoms. The van der Waals surface area contributed by atoms with Crippen LogP contribution >= 0.6 is 0 Å². The second-order valence-corrected chi connectivity index (χ2v) is 45.4. The number of aliphatic hydroxyl groups excluding tert-OH is 22. The average molecular weight is 2140 g/mol. The van der Waals surface area contributed by atoms with Gasteiger partial charge in [0.05, 0.1) is 107 Å². The summed E-state index contributed by atoms with van der Waals surface area (Å²) in [5.41, 5.74) is -7.77. The third kappa shape index (κ3) is 24.0. The van der Waals surface area contributed by atoms with Crippen LogP contribution in [0.2, 0.25) is 0 Å². The highest BCUT2D eigenvalue weighted by molar-refractivity contribution is 5.81. The number of ether oxygens (including phenoxy) is 18. The van der Waals surface area contributed by atoms with Gasteiger partial charge in [-0.05, 0) is 135 Å². The standard InChI is InChI=1S/C97H159NO47.CO2/c1-13-39(3)43(23-44(103)25-46(105)26-52(40(4)14-2)135-88-79(123)97(126,127)38-132-88)24-45(104)27-59(110)98-60-53(30-99)136-86(77(75(60)142-82-68(118)64(114)61(111)41(5)133-82)144-83-70(120)66(116)72(42(6)134-83)139-81-71(121)73(50(107)33-129-81)140-87-78(122)95(125,36-102)37-131-87)145-89(124)96-22-21-90(7,8)28-48(96)47-15-16-56-91(9)19-18-58(92(10,35-101)55(91)17-20-93(56,11)94(47,12)29-57(96)109)138-85-76(143-84-69(119)65(115)63(113)54(31-100)137-84)74(51(108)34-130-85)141-80-67(117)62(112)49(106)32-128-80;2-1-3/h15,35,39-43,45-46,48-58,60-88,99-100,102,104-109,111-123,125-127H,13-14,16-34,36-38H2,1-12H3,(H,98,110);/t39-,40-,41?,42?,43+,45+,46-,48?,49-,50-,51-,52+,53?,54?,55-,56?,57?,58+,60+,61+,62+,63+,64+,65+,66?,67?,68?,69?,70+,71-,72+,73?,74+,75?,76?,77-,78?,79?,80+,81+,82+,83+,84+,85+,86+,87+,88+,91?,92-,93+,94-,95+,96-;/m1./s1. The van der Waals surface area contributed by atoms with Crippen molar-refractivity contribution in [3.8, 4) is 0 Å². The van der Waals surface area contributed by atoms with Gasteiger partial charge in [0.15, 0.2) is 62.5 Å². The Morgan fingerprint density at radius 1 is 0.507 bits per heavy atom. The van der Waals surface area contributed by atoms with Crippen molar-refractivity contribution >= 4 is 30.1 Å². The van der Waals surface area contributed by atoms with Crippen LogP contribution in [0.3, 0.4) is 0 Å². The monoisotopic (exact) mass is 2130 g/mol. The van der Waals surface area contributed by atoms with Gasteiger partial charge in [-0.1, -0.05) is 93.7 Å². The smallest absolute Gasteiger partial charge is 0.373 e. The lowest BCUT2D eigenvalue weighted by molar-refractivity contribution is -0.386. The molecule has 9 saturated heterocycles. The van der Waals surface area contributed by atoms with E-state index in [-0.39, 0.29) is 68.9 Å². The van der Waals surface area contributed by atoms with Gasteiger partial charge in [0.2, 0.25) is 18.0 Å². The van der Waals surface area contributed by atoms with Crippen molar-refractivity contribution in [1.29, 1.82) is 0 Å². The van der Waals surface area contributed by atoms with Gasteiger partial charge in [-0.2, -0.15) is 9.59 Å². The summed E-state index contributed by atoms with van der Waals surface area (Å²) in [7, 11) is 0. The number of hydrogen-bond donors (Lipinski definition) is 26. The van der Waals surface area contributed by atoms with E-state index < -0.39 is 397 Å². The second-order valence-electron chi connectivity index (χ2n) is 45.4. The molecule has 5 aliphatic carbocycles. The summed E-state index contributed by atoms with van der Waals surface area (Å²) < 4.78 is 111. The van der Waals surface area contributed by atoms with Crippen LogP contribution in [0, 0.1) is 68.0 Å². The first-order valence-corrected chi connectivity index (χ1v) is 51.6. The Bertz CT molecular complexity index is 4410. The van der Waals surface area contributed by atoms with Crippen molar-refractivity contribution in [2.24, 2.45) is 68.0 Å². The molecule has 53 atom stereocenters. The molecular formula is C98H159NO49. The number of amides is 1. The van der Waals surface area contributed by atoms with E-state index in [4.69, 9.17) is 94.9 Å². The normalized spacial score (nSPS) is 48.1. The molecule has 50 nitrogen and oxygen atoms in total. The van der Waals surface area contributed by atoms with E-state index >= 15 is 9.59 Å². The first-order chi connectivity index (χ1) is 69.5. The number of allylic oxidation sites excluding steroid dienone is 2. The predicted molar refractivity (Wildman–Crippen MR) is 490 cm³/mol. The summed E-state index contributed by atoms with van der Waals surface area (Å²) in [4.78, 5) is 76.9. The fourth-order valence-corrected chi connectivity index (χ4v) is 25.7. The summed E-state index contributed by atoms with van der Waals surface area (Å²) in [5, 5.41) is 284. The van der Waals surface area contributed by atoms with Crippen LogP contribution in [0.25, 0.3) is 0 Å². The van der Waals surface area contributed by atoms with Crippen molar-refractivity contribution in [1.82, 2.24) is 5.32 Å². The van der Waals surface area contributed by atoms with E-state index in [9.17, 15) is 137 Å². The fourth-order valence-electron chi connectivity index (χ4n) is 25.7. The zero-order valence-electron chi connectivity index (χ0n) is 85.2. The zero-order valence-corrected chi connectivity index (χ0v) is 85.2. The van der Waals surface area contributed by atoms with Crippen molar-refractivity contribution in [3.05, 3.63) is 11.6 Å². The minimum atomic E-state index is -2.60. The van der Waals surface area contributed by atoms with E-state index in [0.717, 1.165) is 11.9 Å². The van der Waals surface area contributed by atoms with Crippen molar-refractivity contribution in [3.63, 3.8) is 0 Å². The van der Waals surface area contributed by atoms with Gasteiger partial charge in [0.25, 0.3) is 0 Å². The van der Waals surface area contributed by atoms with Gasteiger partial charge in [-0.25, -0.2) is 0 Å². The molecule has 0 aromatic heterocycles. The van der Waals surface area contributed by atoms with Crippen LogP contribution in [-0.4, -0.2) is 474 Å². The zero-order chi connectivity index (χ0) is 109. The molecule has 9 aliphatic heterocycles. The molecule has 148 heavy (non-hydrogen) atoms. The van der Waals surface area contributed by atoms with Crippen LogP contribution in [0.15, 0.2) is 11.6 Å². The molecule has 14 rings (SSSR count). The van der Waals surface area contributed by atoms with Crippen LogP contribution in [0.1, 0.15) is 186 Å². The van der Waals surface area contributed by atoms with Gasteiger partial charge in [0, 0.05) is 19.3 Å². The predicted octanol–water partition coefficient (Wildman–Crippen LogP) is -7.70. The largest absolute Gasteiger partial charge is 0.432 e. The molecule has 26 N–H and O–H groups in total. The highest BCUT2D eigenvalue weighted by Gasteiger charge is 2.74. The third-order valence-electron chi connectivity index (χ3n) is 35.4. The number of rotatable bonds is 37. The van der Waals surface area contributed by atoms with Gasteiger partial charge in [-0.3, -0.25) is 14.4 Å². The third-order valence-corrected chi connectivity index (χ3v) is 35.4. The van der Waals surface area contributed by atoms with Gasteiger partial charge < -0.3 is 223 Å². The van der Waals surface area contributed by atoms with Crippen LogP contribution < -0.4 is 5.32 Å². The Labute approximate surface area is 855 Å². The number of esters is 1.